The fourth-order valence-electron chi connectivity index (χ4n) is 5.19. The first-order valence-corrected chi connectivity index (χ1v) is 15.4. The number of ether oxygens (including phenoxy) is 1. The fraction of sp³-hybridized carbons (Fsp3) is 0.273. The number of nitrogens with zero attached hydrogens (tertiary/aromatic N) is 2. The van der Waals surface area contributed by atoms with E-state index in [-0.39, 0.29) is 37.3 Å². The van der Waals surface area contributed by atoms with Crippen molar-refractivity contribution in [2.24, 2.45) is 0 Å². The zero-order valence-electron chi connectivity index (χ0n) is 25.0. The maximum absolute atomic E-state index is 15.3. The molecule has 1 aliphatic rings. The van der Waals surface area contributed by atoms with Crippen LogP contribution in [0.4, 0.5) is 15.9 Å². The Hall–Kier alpha value is -4.29. The summed E-state index contributed by atoms with van der Waals surface area (Å²) in [6.07, 6.45) is 4.42. The molecule has 13 heteroatoms. The van der Waals surface area contributed by atoms with Gasteiger partial charge in [-0.1, -0.05) is 47.5 Å². The maximum atomic E-state index is 15.3. The van der Waals surface area contributed by atoms with Crippen molar-refractivity contribution in [1.29, 1.82) is 0 Å². The minimum Gasteiger partial charge on any atom is -0.496 e. The van der Waals surface area contributed by atoms with E-state index in [2.05, 4.69) is 31.2 Å². The number of amides is 1. The molecular formula is C33H33Cl2FN6O4. The SMILES string of the molecule is COc1cc(-c2nccc(-c3cccc(Nc4nccc(CNCCC(=O)O)c4F)c3Cl)c2Cl)ccc1CNC[C@H]1CCC(=O)N1. The Morgan fingerprint density at radius 3 is 2.59 bits per heavy atom. The molecule has 2 aromatic heterocycles. The Labute approximate surface area is 275 Å². The summed E-state index contributed by atoms with van der Waals surface area (Å²) in [6, 6.07) is 14.5. The third kappa shape index (κ3) is 7.91. The average molecular weight is 668 g/mol. The van der Waals surface area contributed by atoms with Crippen molar-refractivity contribution >= 4 is 46.6 Å². The van der Waals surface area contributed by atoms with Crippen molar-refractivity contribution in [2.75, 3.05) is 25.5 Å². The topological polar surface area (TPSA) is 138 Å². The van der Waals surface area contributed by atoms with Crippen LogP contribution in [-0.4, -0.2) is 53.2 Å². The molecule has 1 fully saturated rings. The molecule has 5 N–H and O–H groups in total. The van der Waals surface area contributed by atoms with Crippen LogP contribution < -0.4 is 26.0 Å². The van der Waals surface area contributed by atoms with Crippen LogP contribution in [0.1, 0.15) is 30.4 Å². The van der Waals surface area contributed by atoms with E-state index in [0.29, 0.717) is 63.4 Å². The van der Waals surface area contributed by atoms with E-state index in [1.165, 1.54) is 12.3 Å². The van der Waals surface area contributed by atoms with Crippen LogP contribution in [0.2, 0.25) is 10.0 Å². The highest BCUT2D eigenvalue weighted by atomic mass is 35.5. The van der Waals surface area contributed by atoms with Gasteiger partial charge in [0.2, 0.25) is 5.91 Å². The Bertz CT molecular complexity index is 1740. The molecule has 1 amide bonds. The van der Waals surface area contributed by atoms with E-state index in [1.54, 1.807) is 31.5 Å². The van der Waals surface area contributed by atoms with Gasteiger partial charge in [-0.05, 0) is 30.7 Å². The Kier molecular flexibility index (Phi) is 11.0. The van der Waals surface area contributed by atoms with Crippen LogP contribution in [0.15, 0.2) is 60.9 Å². The minimum atomic E-state index is -0.935. The van der Waals surface area contributed by atoms with E-state index < -0.39 is 11.8 Å². The summed E-state index contributed by atoms with van der Waals surface area (Å²) in [5.74, 6) is -0.777. The number of anilines is 2. The number of hydrogen-bond acceptors (Lipinski definition) is 8. The molecule has 0 aliphatic carbocycles. The van der Waals surface area contributed by atoms with Crippen molar-refractivity contribution < 1.29 is 23.8 Å². The van der Waals surface area contributed by atoms with Gasteiger partial charge >= 0.3 is 5.97 Å². The number of rotatable bonds is 14. The van der Waals surface area contributed by atoms with E-state index in [4.69, 9.17) is 33.0 Å². The summed E-state index contributed by atoms with van der Waals surface area (Å²) >= 11 is 13.8. The van der Waals surface area contributed by atoms with Crippen molar-refractivity contribution in [1.82, 2.24) is 25.9 Å². The minimum absolute atomic E-state index is 0.0206. The molecule has 5 rings (SSSR count). The van der Waals surface area contributed by atoms with Gasteiger partial charge in [-0.15, -0.1) is 0 Å². The number of carbonyl (C=O) groups is 2. The second kappa shape index (κ2) is 15.3. The van der Waals surface area contributed by atoms with Crippen LogP contribution in [-0.2, 0) is 22.7 Å². The van der Waals surface area contributed by atoms with E-state index in [1.807, 2.05) is 24.3 Å². The molecule has 2 aromatic carbocycles. The largest absolute Gasteiger partial charge is 0.496 e. The lowest BCUT2D eigenvalue weighted by molar-refractivity contribution is -0.136. The molecule has 0 spiro atoms. The summed E-state index contributed by atoms with van der Waals surface area (Å²) in [5, 5.41) is 21.7. The first-order valence-electron chi connectivity index (χ1n) is 14.7. The molecule has 46 heavy (non-hydrogen) atoms. The number of nitrogens with one attached hydrogen (secondary N) is 4. The Balaban J connectivity index is 1.34. The smallest absolute Gasteiger partial charge is 0.304 e. The zero-order valence-corrected chi connectivity index (χ0v) is 26.5. The van der Waals surface area contributed by atoms with Gasteiger partial charge in [0, 0.05) is 78.9 Å². The number of aliphatic carboxylic acids is 1. The normalized spacial score (nSPS) is 14.3. The maximum Gasteiger partial charge on any atom is 0.304 e. The highest BCUT2D eigenvalue weighted by Crippen LogP contribution is 2.41. The molecule has 10 nitrogen and oxygen atoms in total. The third-order valence-corrected chi connectivity index (χ3v) is 8.37. The summed E-state index contributed by atoms with van der Waals surface area (Å²) in [5.41, 5.74) is 4.23. The monoisotopic (exact) mass is 666 g/mol. The second-order valence-electron chi connectivity index (χ2n) is 10.7. The molecule has 1 atom stereocenters. The first-order chi connectivity index (χ1) is 22.2. The number of carboxylic acids is 1. The van der Waals surface area contributed by atoms with Crippen molar-refractivity contribution in [3.63, 3.8) is 0 Å². The number of pyridine rings is 2. The number of methoxy groups -OCH3 is 1. The summed E-state index contributed by atoms with van der Waals surface area (Å²) in [6.45, 7) is 1.58. The molecule has 240 valence electrons. The van der Waals surface area contributed by atoms with Gasteiger partial charge in [-0.25, -0.2) is 9.37 Å². The number of halogens is 3. The fourth-order valence-corrected chi connectivity index (χ4v) is 5.79. The molecule has 0 radical (unpaired) electrons. The number of hydrogen-bond donors (Lipinski definition) is 5. The first kappa shape index (κ1) is 33.1. The quantitative estimate of drug-likeness (QED) is 0.104. The van der Waals surface area contributed by atoms with Crippen molar-refractivity contribution in [3.05, 3.63) is 87.9 Å². The number of aromatic nitrogens is 2. The molecule has 0 bridgehead atoms. The molecule has 1 aliphatic heterocycles. The van der Waals surface area contributed by atoms with Crippen molar-refractivity contribution in [3.8, 4) is 28.1 Å². The molecule has 1 saturated heterocycles. The highest BCUT2D eigenvalue weighted by Gasteiger charge is 2.21. The molecular weight excluding hydrogens is 634 g/mol. The highest BCUT2D eigenvalue weighted by molar-refractivity contribution is 6.39. The van der Waals surface area contributed by atoms with Gasteiger partial charge in [-0.2, -0.15) is 0 Å². The third-order valence-electron chi connectivity index (χ3n) is 7.58. The van der Waals surface area contributed by atoms with E-state index in [9.17, 15) is 9.59 Å². The summed E-state index contributed by atoms with van der Waals surface area (Å²) in [7, 11) is 1.60. The van der Waals surface area contributed by atoms with E-state index in [0.717, 1.165) is 17.5 Å². The summed E-state index contributed by atoms with van der Waals surface area (Å²) < 4.78 is 20.9. The summed E-state index contributed by atoms with van der Waals surface area (Å²) in [4.78, 5) is 30.9. The van der Waals surface area contributed by atoms with Crippen LogP contribution in [0, 0.1) is 5.82 Å². The van der Waals surface area contributed by atoms with Crippen LogP contribution in [0.3, 0.4) is 0 Å². The van der Waals surface area contributed by atoms with Gasteiger partial charge in [0.15, 0.2) is 11.6 Å². The van der Waals surface area contributed by atoms with Crippen LogP contribution >= 0.6 is 23.2 Å². The lowest BCUT2D eigenvalue weighted by atomic mass is 10.0. The predicted octanol–water partition coefficient (Wildman–Crippen LogP) is 5.94. The van der Waals surface area contributed by atoms with Gasteiger partial charge in [0.05, 0.1) is 35.0 Å². The van der Waals surface area contributed by atoms with Gasteiger partial charge in [0.1, 0.15) is 5.75 Å². The molecule has 3 heterocycles. The van der Waals surface area contributed by atoms with Crippen LogP contribution in [0.25, 0.3) is 22.4 Å². The van der Waals surface area contributed by atoms with E-state index >= 15 is 4.39 Å². The van der Waals surface area contributed by atoms with Crippen LogP contribution in [0.5, 0.6) is 5.75 Å². The van der Waals surface area contributed by atoms with Gasteiger partial charge in [-0.3, -0.25) is 14.6 Å². The Morgan fingerprint density at radius 1 is 1.04 bits per heavy atom. The molecule has 0 unspecified atom stereocenters. The standard InChI is InChI=1S/C33H33Cl2FN6O4/c1-46-26-15-19(5-6-20(26)16-38-18-22-7-8-27(43)41-22)32-30(35)24(10-14-39-32)23-3-2-4-25(29(23)34)42-33-31(36)21(9-13-40-33)17-37-12-11-28(44)45/h2-6,9-10,13-15,22,37-38H,7-8,11-12,16-18H2,1H3,(H,40,42)(H,41,43)(H,44,45)/t22-/m1/s1. The lowest BCUT2D eigenvalue weighted by Gasteiger charge is -2.16. The number of benzene rings is 2. The number of carbonyl (C=O) groups excluding carboxylic acids is 1. The number of carboxylic acid groups (broad SMARTS) is 1. The van der Waals surface area contributed by atoms with Gasteiger partial charge < -0.3 is 31.1 Å². The predicted molar refractivity (Wildman–Crippen MR) is 176 cm³/mol. The lowest BCUT2D eigenvalue weighted by Crippen LogP contribution is -2.35. The average Bonchev–Trinajstić information content (AvgIpc) is 3.46. The second-order valence-corrected chi connectivity index (χ2v) is 11.5. The van der Waals surface area contributed by atoms with Gasteiger partial charge in [0.25, 0.3) is 0 Å². The van der Waals surface area contributed by atoms with Crippen molar-refractivity contribution in [2.45, 2.75) is 38.4 Å². The molecule has 0 saturated carbocycles. The Morgan fingerprint density at radius 2 is 1.83 bits per heavy atom. The molecule has 4 aromatic rings. The zero-order chi connectivity index (χ0) is 32.6.